The summed E-state index contributed by atoms with van der Waals surface area (Å²) in [6.45, 7) is -0.676. The molecule has 11 heavy (non-hydrogen) atoms. The standard InChI is InChI=1S/C4H5NO4.ClHO/c6-1-3(4(8)9)5-2-7;1-2/h3,6H,1H2,(H,8,9);2H. The molecule has 0 aromatic carbocycles. The van der Waals surface area contributed by atoms with Crippen molar-refractivity contribution in [2.45, 2.75) is 6.04 Å². The predicted molar refractivity (Wildman–Crippen MR) is 34.7 cm³/mol. The first-order chi connectivity index (χ1) is 5.22. The summed E-state index contributed by atoms with van der Waals surface area (Å²) in [4.78, 5) is 22.1. The molecule has 0 aliphatic rings. The number of isocyanates is 1. The van der Waals surface area contributed by atoms with Gasteiger partial charge in [-0.1, -0.05) is 0 Å². The molecule has 0 saturated carbocycles. The molecule has 64 valence electrons. The van der Waals surface area contributed by atoms with E-state index in [2.05, 4.69) is 16.9 Å². The fraction of sp³-hybridized carbons (Fsp3) is 0.500. The van der Waals surface area contributed by atoms with Gasteiger partial charge in [-0.2, -0.15) is 4.99 Å². The first-order valence-corrected chi connectivity index (χ1v) is 2.63. The van der Waals surface area contributed by atoms with Gasteiger partial charge in [0, 0.05) is 0 Å². The van der Waals surface area contributed by atoms with Gasteiger partial charge >= 0.3 is 5.97 Å². The molecule has 0 heterocycles. The van der Waals surface area contributed by atoms with E-state index in [1.54, 1.807) is 0 Å². The van der Waals surface area contributed by atoms with Gasteiger partial charge in [-0.15, -0.1) is 0 Å². The van der Waals surface area contributed by atoms with E-state index in [1.165, 1.54) is 0 Å². The Hall–Kier alpha value is -0.940. The molecule has 0 aromatic rings. The third-order valence-electron chi connectivity index (χ3n) is 0.667. The summed E-state index contributed by atoms with van der Waals surface area (Å²) in [6.07, 6.45) is 1.03. The van der Waals surface area contributed by atoms with E-state index in [-0.39, 0.29) is 0 Å². The zero-order valence-electron chi connectivity index (χ0n) is 5.27. The maximum Gasteiger partial charge on any atom is 0.331 e. The van der Waals surface area contributed by atoms with Crippen molar-refractivity contribution in [1.82, 2.24) is 0 Å². The fourth-order valence-corrected chi connectivity index (χ4v) is 0.238. The first kappa shape index (κ1) is 12.7. The van der Waals surface area contributed by atoms with Gasteiger partial charge in [0.2, 0.25) is 6.08 Å². The normalized spacial score (nSPS) is 10.1. The molecule has 0 saturated heterocycles. The largest absolute Gasteiger partial charge is 0.480 e. The number of carboxylic acids is 1. The highest BCUT2D eigenvalue weighted by Gasteiger charge is 2.13. The van der Waals surface area contributed by atoms with E-state index in [9.17, 15) is 9.59 Å². The van der Waals surface area contributed by atoms with Crippen LogP contribution in [-0.2, 0) is 9.59 Å². The smallest absolute Gasteiger partial charge is 0.331 e. The lowest BCUT2D eigenvalue weighted by Crippen LogP contribution is -2.21. The Morgan fingerprint density at radius 2 is 2.09 bits per heavy atom. The number of carboxylic acid groups (broad SMARTS) is 1. The number of carbonyl (C=O) groups excluding carboxylic acids is 1. The van der Waals surface area contributed by atoms with E-state index in [0.717, 1.165) is 6.08 Å². The number of hydrogen-bond acceptors (Lipinski definition) is 5. The maximum absolute atomic E-state index is 9.89. The molecule has 0 fully saturated rings. The Bertz CT molecular complexity index is 153. The monoisotopic (exact) mass is 183 g/mol. The lowest BCUT2D eigenvalue weighted by molar-refractivity contribution is -0.139. The molecule has 1 atom stereocenters. The van der Waals surface area contributed by atoms with Crippen molar-refractivity contribution < 1.29 is 24.5 Å². The number of aliphatic imine (C=N–C) groups is 1. The van der Waals surface area contributed by atoms with Gasteiger partial charge in [-0.25, -0.2) is 9.59 Å². The summed E-state index contributed by atoms with van der Waals surface area (Å²) >= 11 is 3.64. The predicted octanol–water partition coefficient (Wildman–Crippen LogP) is -1.10. The van der Waals surface area contributed by atoms with Crippen LogP contribution in [0.5, 0.6) is 0 Å². The molecule has 0 bridgehead atoms. The summed E-state index contributed by atoms with van der Waals surface area (Å²) in [7, 11) is 0. The van der Waals surface area contributed by atoms with Crippen molar-refractivity contribution in [2.75, 3.05) is 6.61 Å². The lowest BCUT2D eigenvalue weighted by atomic mass is 10.3. The average molecular weight is 184 g/mol. The van der Waals surface area contributed by atoms with Crippen molar-refractivity contribution in [3.8, 4) is 0 Å². The zero-order chi connectivity index (χ0) is 9.28. The number of aliphatic hydroxyl groups is 1. The van der Waals surface area contributed by atoms with Crippen LogP contribution in [0, 0.1) is 0 Å². The van der Waals surface area contributed by atoms with Crippen molar-refractivity contribution in [2.24, 2.45) is 4.99 Å². The van der Waals surface area contributed by atoms with Gasteiger partial charge in [0.05, 0.1) is 18.5 Å². The van der Waals surface area contributed by atoms with E-state index in [1.807, 2.05) is 0 Å². The number of halogens is 1. The first-order valence-electron chi connectivity index (χ1n) is 2.30. The number of nitrogens with zero attached hydrogens (tertiary/aromatic N) is 1. The molecule has 0 aliphatic carbocycles. The van der Waals surface area contributed by atoms with Gasteiger partial charge in [0.1, 0.15) is 0 Å². The molecule has 0 rings (SSSR count). The zero-order valence-corrected chi connectivity index (χ0v) is 6.02. The van der Waals surface area contributed by atoms with Crippen molar-refractivity contribution in [3.05, 3.63) is 0 Å². The van der Waals surface area contributed by atoms with Gasteiger partial charge in [0.25, 0.3) is 0 Å². The Morgan fingerprint density at radius 3 is 2.18 bits per heavy atom. The molecule has 0 radical (unpaired) electrons. The number of rotatable bonds is 3. The van der Waals surface area contributed by atoms with Crippen LogP contribution in [0.3, 0.4) is 0 Å². The second-order valence-corrected chi connectivity index (χ2v) is 1.26. The van der Waals surface area contributed by atoms with Crippen LogP contribution < -0.4 is 0 Å². The molecule has 6 nitrogen and oxygen atoms in total. The minimum Gasteiger partial charge on any atom is -0.480 e. The van der Waals surface area contributed by atoms with Crippen LogP contribution >= 0.6 is 11.9 Å². The number of carbonyl (C=O) groups is 1. The fourth-order valence-electron chi connectivity index (χ4n) is 0.238. The van der Waals surface area contributed by atoms with Crippen molar-refractivity contribution >= 4 is 23.9 Å². The summed E-state index contributed by atoms with van der Waals surface area (Å²) in [5.41, 5.74) is 0. The highest BCUT2D eigenvalue weighted by Crippen LogP contribution is 1.85. The van der Waals surface area contributed by atoms with Crippen LogP contribution in [0.4, 0.5) is 0 Å². The lowest BCUT2D eigenvalue weighted by Gasteiger charge is -1.96. The quantitative estimate of drug-likeness (QED) is 0.380. The number of hydrogen-bond donors (Lipinski definition) is 3. The molecule has 3 N–H and O–H groups in total. The second kappa shape index (κ2) is 9.06. The van der Waals surface area contributed by atoms with Crippen molar-refractivity contribution in [3.63, 3.8) is 0 Å². The van der Waals surface area contributed by atoms with E-state index < -0.39 is 18.6 Å². The third kappa shape index (κ3) is 6.95. The third-order valence-corrected chi connectivity index (χ3v) is 0.667. The van der Waals surface area contributed by atoms with E-state index in [0.29, 0.717) is 0 Å². The van der Waals surface area contributed by atoms with Gasteiger partial charge < -0.3 is 10.2 Å². The number of aliphatic carboxylic acids is 1. The molecule has 7 heteroatoms. The Morgan fingerprint density at radius 1 is 1.64 bits per heavy atom. The molecule has 1 unspecified atom stereocenters. The van der Waals surface area contributed by atoms with Crippen LogP contribution in [-0.4, -0.2) is 39.6 Å². The van der Waals surface area contributed by atoms with Gasteiger partial charge in [-0.3, -0.25) is 4.66 Å². The minimum atomic E-state index is -1.36. The van der Waals surface area contributed by atoms with Crippen LogP contribution in [0.2, 0.25) is 0 Å². The highest BCUT2D eigenvalue weighted by molar-refractivity contribution is 6.04. The van der Waals surface area contributed by atoms with E-state index >= 15 is 0 Å². The topological polar surface area (TPSA) is 107 Å². The minimum absolute atomic E-state index is 0.676. The summed E-state index contributed by atoms with van der Waals surface area (Å²) in [6, 6.07) is -1.36. The SMILES string of the molecule is O=C=NC(CO)C(=O)O.OCl. The summed E-state index contributed by atoms with van der Waals surface area (Å²) in [5.74, 6) is -1.33. The maximum atomic E-state index is 9.89. The Kier molecular flexibility index (Phi) is 10.5. The van der Waals surface area contributed by atoms with E-state index in [4.69, 9.17) is 14.9 Å². The molecule has 0 aliphatic heterocycles. The average Bonchev–Trinajstić information content (AvgIpc) is 2.03. The summed E-state index contributed by atoms with van der Waals surface area (Å²) < 4.78 is 6.47. The summed E-state index contributed by atoms with van der Waals surface area (Å²) in [5, 5.41) is 16.2. The highest BCUT2D eigenvalue weighted by atomic mass is 35.5. The van der Waals surface area contributed by atoms with Crippen LogP contribution in [0.15, 0.2) is 4.99 Å². The second-order valence-electron chi connectivity index (χ2n) is 1.26. The molecule has 0 amide bonds. The molecular weight excluding hydrogens is 177 g/mol. The van der Waals surface area contributed by atoms with Gasteiger partial charge in [0.15, 0.2) is 6.04 Å². The molecule has 0 spiro atoms. The molecular formula is C4H6ClNO5. The van der Waals surface area contributed by atoms with Crippen LogP contribution in [0.25, 0.3) is 0 Å². The van der Waals surface area contributed by atoms with Gasteiger partial charge in [-0.05, 0) is 0 Å². The molecule has 0 aromatic heterocycles. The number of aliphatic hydroxyl groups excluding tert-OH is 1. The van der Waals surface area contributed by atoms with Crippen molar-refractivity contribution in [1.29, 1.82) is 0 Å². The Labute approximate surface area is 66.9 Å². The Balaban J connectivity index is 0. The van der Waals surface area contributed by atoms with Crippen LogP contribution in [0.1, 0.15) is 0 Å².